The van der Waals surface area contributed by atoms with Crippen LogP contribution >= 0.6 is 11.6 Å². The average molecular weight is 322 g/mol. The van der Waals surface area contributed by atoms with Gasteiger partial charge < -0.3 is 9.64 Å². The summed E-state index contributed by atoms with van der Waals surface area (Å²) in [6.45, 7) is 0.630. The second-order valence-electron chi connectivity index (χ2n) is 4.90. The van der Waals surface area contributed by atoms with Crippen molar-refractivity contribution in [3.63, 3.8) is 0 Å². The van der Waals surface area contributed by atoms with Gasteiger partial charge in [-0.2, -0.15) is 0 Å². The number of hydrogen-bond donors (Lipinski definition) is 0. The Morgan fingerprint density at radius 3 is 2.55 bits per heavy atom. The molecule has 5 heteroatoms. The standard InChI is InChI=1S/C17H17ClFNO2/c1-20(10-11-22-16-5-3-2-4-15(16)19)17(21)12-13-6-8-14(18)9-7-13/h2-9H,10-12H2,1H3. The van der Waals surface area contributed by atoms with Crippen LogP contribution in [0, 0.1) is 5.82 Å². The molecule has 0 heterocycles. The van der Waals surface area contributed by atoms with E-state index in [1.165, 1.54) is 6.07 Å². The number of benzene rings is 2. The molecule has 0 fully saturated rings. The topological polar surface area (TPSA) is 29.5 Å². The summed E-state index contributed by atoms with van der Waals surface area (Å²) >= 11 is 5.81. The third-order valence-electron chi connectivity index (χ3n) is 3.22. The Balaban J connectivity index is 1.79. The van der Waals surface area contributed by atoms with E-state index in [2.05, 4.69) is 0 Å². The lowest BCUT2D eigenvalue weighted by Crippen LogP contribution is -2.32. The predicted octanol–water partition coefficient (Wildman–Crippen LogP) is 3.56. The Kier molecular flexibility index (Phi) is 5.78. The lowest BCUT2D eigenvalue weighted by Gasteiger charge is -2.17. The van der Waals surface area contributed by atoms with E-state index >= 15 is 0 Å². The van der Waals surface area contributed by atoms with Crippen LogP contribution in [0.4, 0.5) is 4.39 Å². The molecule has 2 aromatic carbocycles. The highest BCUT2D eigenvalue weighted by molar-refractivity contribution is 6.30. The number of rotatable bonds is 6. The van der Waals surface area contributed by atoms with E-state index in [0.29, 0.717) is 18.0 Å². The zero-order valence-electron chi connectivity index (χ0n) is 12.3. The highest BCUT2D eigenvalue weighted by Crippen LogP contribution is 2.15. The minimum Gasteiger partial charge on any atom is -0.489 e. The van der Waals surface area contributed by atoms with E-state index < -0.39 is 5.82 Å². The van der Waals surface area contributed by atoms with Crippen LogP contribution in [-0.4, -0.2) is 31.0 Å². The summed E-state index contributed by atoms with van der Waals surface area (Å²) in [5, 5.41) is 0.642. The van der Waals surface area contributed by atoms with Crippen LogP contribution in [-0.2, 0) is 11.2 Å². The van der Waals surface area contributed by atoms with Gasteiger partial charge in [-0.25, -0.2) is 4.39 Å². The number of hydrogen-bond acceptors (Lipinski definition) is 2. The summed E-state index contributed by atoms with van der Waals surface area (Å²) in [7, 11) is 1.70. The second-order valence-corrected chi connectivity index (χ2v) is 5.33. The lowest BCUT2D eigenvalue weighted by molar-refractivity contribution is -0.129. The van der Waals surface area contributed by atoms with E-state index in [-0.39, 0.29) is 18.3 Å². The molecule has 116 valence electrons. The third-order valence-corrected chi connectivity index (χ3v) is 3.47. The maximum absolute atomic E-state index is 13.4. The molecule has 0 radical (unpaired) electrons. The molecule has 0 bridgehead atoms. The van der Waals surface area contributed by atoms with E-state index in [4.69, 9.17) is 16.3 Å². The average Bonchev–Trinajstić information content (AvgIpc) is 2.51. The molecule has 0 aromatic heterocycles. The number of para-hydroxylation sites is 1. The van der Waals surface area contributed by atoms with Crippen LogP contribution in [0.25, 0.3) is 0 Å². The Hall–Kier alpha value is -2.07. The van der Waals surface area contributed by atoms with Gasteiger partial charge in [-0.05, 0) is 29.8 Å². The molecule has 0 saturated carbocycles. The van der Waals surface area contributed by atoms with Crippen molar-refractivity contribution in [3.8, 4) is 5.75 Å². The summed E-state index contributed by atoms with van der Waals surface area (Å²) in [5.41, 5.74) is 0.899. The molecule has 0 atom stereocenters. The molecule has 3 nitrogen and oxygen atoms in total. The highest BCUT2D eigenvalue weighted by Gasteiger charge is 2.10. The molecule has 1 amide bonds. The van der Waals surface area contributed by atoms with E-state index in [9.17, 15) is 9.18 Å². The predicted molar refractivity (Wildman–Crippen MR) is 84.7 cm³/mol. The van der Waals surface area contributed by atoms with Gasteiger partial charge in [0.15, 0.2) is 11.6 Å². The van der Waals surface area contributed by atoms with Gasteiger partial charge >= 0.3 is 0 Å². The van der Waals surface area contributed by atoms with Gasteiger partial charge in [-0.15, -0.1) is 0 Å². The van der Waals surface area contributed by atoms with Gasteiger partial charge in [-0.1, -0.05) is 35.9 Å². The second kappa shape index (κ2) is 7.80. The van der Waals surface area contributed by atoms with Crippen molar-refractivity contribution in [1.29, 1.82) is 0 Å². The highest BCUT2D eigenvalue weighted by atomic mass is 35.5. The van der Waals surface area contributed by atoms with Crippen molar-refractivity contribution < 1.29 is 13.9 Å². The van der Waals surface area contributed by atoms with Crippen molar-refractivity contribution in [2.45, 2.75) is 6.42 Å². The van der Waals surface area contributed by atoms with Gasteiger partial charge in [-0.3, -0.25) is 4.79 Å². The molecule has 2 rings (SSSR count). The normalized spacial score (nSPS) is 10.3. The van der Waals surface area contributed by atoms with Crippen LogP contribution in [0.5, 0.6) is 5.75 Å². The SMILES string of the molecule is CN(CCOc1ccccc1F)C(=O)Cc1ccc(Cl)cc1. The Labute approximate surface area is 134 Å². The van der Waals surface area contributed by atoms with E-state index in [1.54, 1.807) is 42.3 Å². The largest absolute Gasteiger partial charge is 0.489 e. The summed E-state index contributed by atoms with van der Waals surface area (Å²) < 4.78 is 18.7. The first kappa shape index (κ1) is 16.3. The van der Waals surface area contributed by atoms with Crippen molar-refractivity contribution in [1.82, 2.24) is 4.90 Å². The smallest absolute Gasteiger partial charge is 0.226 e. The first-order valence-electron chi connectivity index (χ1n) is 6.92. The summed E-state index contributed by atoms with van der Waals surface area (Å²) in [6.07, 6.45) is 0.299. The van der Waals surface area contributed by atoms with Crippen LogP contribution in [0.1, 0.15) is 5.56 Å². The molecular formula is C17H17ClFNO2. The lowest BCUT2D eigenvalue weighted by atomic mass is 10.1. The van der Waals surface area contributed by atoms with Gasteiger partial charge in [0.25, 0.3) is 0 Å². The molecule has 0 N–H and O–H groups in total. The zero-order chi connectivity index (χ0) is 15.9. The third kappa shape index (κ3) is 4.74. The number of carbonyl (C=O) groups excluding carboxylic acids is 1. The molecule has 22 heavy (non-hydrogen) atoms. The summed E-state index contributed by atoms with van der Waals surface area (Å²) in [5.74, 6) is -0.238. The van der Waals surface area contributed by atoms with E-state index in [1.807, 2.05) is 12.1 Å². The number of likely N-dealkylation sites (N-methyl/N-ethyl adjacent to an activating group) is 1. The van der Waals surface area contributed by atoms with E-state index in [0.717, 1.165) is 5.56 Å². The summed E-state index contributed by atoms with van der Waals surface area (Å²) in [6, 6.07) is 13.4. The van der Waals surface area contributed by atoms with Gasteiger partial charge in [0.05, 0.1) is 13.0 Å². The Morgan fingerprint density at radius 1 is 1.18 bits per heavy atom. The molecule has 0 aliphatic carbocycles. The Bertz CT molecular complexity index is 631. The maximum atomic E-state index is 13.4. The summed E-state index contributed by atoms with van der Waals surface area (Å²) in [4.78, 5) is 13.6. The minimum absolute atomic E-state index is 0.0283. The molecule has 0 saturated heterocycles. The van der Waals surface area contributed by atoms with Crippen molar-refractivity contribution in [2.24, 2.45) is 0 Å². The fourth-order valence-electron chi connectivity index (χ4n) is 1.89. The maximum Gasteiger partial charge on any atom is 0.226 e. The number of halogens is 2. The molecule has 0 aliphatic heterocycles. The molecule has 0 aliphatic rings. The fraction of sp³-hybridized carbons (Fsp3) is 0.235. The number of ether oxygens (including phenoxy) is 1. The number of nitrogens with zero attached hydrogens (tertiary/aromatic N) is 1. The molecule has 0 spiro atoms. The van der Waals surface area contributed by atoms with Crippen molar-refractivity contribution >= 4 is 17.5 Å². The zero-order valence-corrected chi connectivity index (χ0v) is 13.0. The van der Waals surface area contributed by atoms with Crippen LogP contribution in [0.2, 0.25) is 5.02 Å². The fourth-order valence-corrected chi connectivity index (χ4v) is 2.02. The van der Waals surface area contributed by atoms with Crippen LogP contribution < -0.4 is 4.74 Å². The number of carbonyl (C=O) groups is 1. The minimum atomic E-state index is -0.405. The van der Waals surface area contributed by atoms with Crippen molar-refractivity contribution in [3.05, 3.63) is 64.9 Å². The van der Waals surface area contributed by atoms with Crippen LogP contribution in [0.3, 0.4) is 0 Å². The molecular weight excluding hydrogens is 305 g/mol. The van der Waals surface area contributed by atoms with Crippen LogP contribution in [0.15, 0.2) is 48.5 Å². The molecule has 2 aromatic rings. The molecule has 0 unspecified atom stereocenters. The quantitative estimate of drug-likeness (QED) is 0.814. The first-order chi connectivity index (χ1) is 10.6. The first-order valence-corrected chi connectivity index (χ1v) is 7.30. The monoisotopic (exact) mass is 321 g/mol. The van der Waals surface area contributed by atoms with Gasteiger partial charge in [0.1, 0.15) is 6.61 Å². The Morgan fingerprint density at radius 2 is 1.86 bits per heavy atom. The van der Waals surface area contributed by atoms with Crippen molar-refractivity contribution in [2.75, 3.05) is 20.2 Å². The number of amides is 1. The van der Waals surface area contributed by atoms with Gasteiger partial charge in [0, 0.05) is 12.1 Å². The van der Waals surface area contributed by atoms with Gasteiger partial charge in [0.2, 0.25) is 5.91 Å².